The fourth-order valence-electron chi connectivity index (χ4n) is 6.79. The van der Waals surface area contributed by atoms with Crippen molar-refractivity contribution < 1.29 is 33.6 Å². The first-order chi connectivity index (χ1) is 17.1. The average molecular weight is 564 g/mol. The van der Waals surface area contributed by atoms with E-state index < -0.39 is 7.82 Å². The third-order valence-corrected chi connectivity index (χ3v) is 9.38. The van der Waals surface area contributed by atoms with Crippen LogP contribution in [0, 0.1) is 0 Å². The molecule has 10 nitrogen and oxygen atoms in total. The van der Waals surface area contributed by atoms with Gasteiger partial charge < -0.3 is 0 Å². The molecule has 0 atom stereocenters. The van der Waals surface area contributed by atoms with E-state index in [0.717, 1.165) is 57.8 Å². The summed E-state index contributed by atoms with van der Waals surface area (Å²) in [5, 5.41) is 5.19. The minimum absolute atomic E-state index is 0.359. The van der Waals surface area contributed by atoms with Crippen molar-refractivity contribution in [2.75, 3.05) is 0 Å². The van der Waals surface area contributed by atoms with Gasteiger partial charge in [-0.2, -0.15) is 0 Å². The lowest BCUT2D eigenvalue weighted by molar-refractivity contribution is -0.496. The minimum Gasteiger partial charge on any atom is -0.220 e. The molecule has 0 unspecified atom stereocenters. The van der Waals surface area contributed by atoms with E-state index in [2.05, 4.69) is 83.1 Å². The Morgan fingerprint density at radius 3 is 0.789 bits per heavy atom. The van der Waals surface area contributed by atoms with Crippen LogP contribution in [0.25, 0.3) is 0 Å². The first-order valence-corrected chi connectivity index (χ1v) is 15.7. The molecule has 224 valence electrons. The number of piperidine rings is 3. The molecule has 38 heavy (non-hydrogen) atoms. The van der Waals surface area contributed by atoms with Crippen LogP contribution in [0.5, 0.6) is 0 Å². The Bertz CT molecular complexity index is 717. The lowest BCUT2D eigenvalue weighted by atomic mass is 9.82. The van der Waals surface area contributed by atoms with Gasteiger partial charge in [0.15, 0.2) is 0 Å². The Morgan fingerprint density at radius 1 is 0.421 bits per heavy atom. The second-order valence-electron chi connectivity index (χ2n) is 15.2. The Kier molecular flexibility index (Phi) is 9.32. The zero-order valence-corrected chi connectivity index (χ0v) is 26.9. The molecule has 0 aromatic carbocycles. The van der Waals surface area contributed by atoms with E-state index in [1.807, 2.05) is 0 Å². The molecule has 3 aliphatic rings. The summed E-state index contributed by atoms with van der Waals surface area (Å²) in [6, 6.07) is 0. The van der Waals surface area contributed by atoms with Crippen LogP contribution in [0.1, 0.15) is 141 Å². The molecule has 0 amide bonds. The third-order valence-electron chi connectivity index (χ3n) is 8.63. The highest BCUT2D eigenvalue weighted by Gasteiger charge is 2.50. The van der Waals surface area contributed by atoms with E-state index in [1.54, 1.807) is 15.2 Å². The van der Waals surface area contributed by atoms with Gasteiger partial charge in [-0.1, -0.05) is 0 Å². The normalized spacial score (nSPS) is 29.3. The van der Waals surface area contributed by atoms with E-state index in [0.29, 0.717) is 0 Å². The Labute approximate surface area is 230 Å². The second kappa shape index (κ2) is 10.9. The van der Waals surface area contributed by atoms with Crippen molar-refractivity contribution in [3.8, 4) is 0 Å². The molecule has 3 fully saturated rings. The van der Waals surface area contributed by atoms with Crippen molar-refractivity contribution in [1.82, 2.24) is 15.2 Å². The maximum Gasteiger partial charge on any atom is 0.561 e. The molecule has 3 heterocycles. The summed E-state index contributed by atoms with van der Waals surface area (Å²) in [6.07, 6.45) is 8.52. The maximum atomic E-state index is 14.1. The molecule has 0 spiro atoms. The predicted octanol–water partition coefficient (Wildman–Crippen LogP) is 7.81. The summed E-state index contributed by atoms with van der Waals surface area (Å²) >= 11 is 0. The Morgan fingerprint density at radius 2 is 0.605 bits per heavy atom. The summed E-state index contributed by atoms with van der Waals surface area (Å²) in [6.45, 7) is 24.8. The molecule has 11 heteroatoms. The van der Waals surface area contributed by atoms with Crippen molar-refractivity contribution in [1.29, 1.82) is 0 Å². The fraction of sp³-hybridized carbons (Fsp3) is 1.00. The van der Waals surface area contributed by atoms with Crippen molar-refractivity contribution in [3.63, 3.8) is 0 Å². The Hall–Kier alpha value is -0.130. The lowest BCUT2D eigenvalue weighted by Gasteiger charge is -2.51. The van der Waals surface area contributed by atoms with Crippen molar-refractivity contribution in [3.05, 3.63) is 0 Å². The molecule has 3 rings (SSSR count). The third kappa shape index (κ3) is 7.19. The summed E-state index contributed by atoms with van der Waals surface area (Å²) in [5.74, 6) is 0. The number of phosphoric acid groups is 1. The number of hydrogen-bond acceptors (Lipinski definition) is 10. The molecule has 0 N–H and O–H groups in total. The van der Waals surface area contributed by atoms with Gasteiger partial charge in [0.25, 0.3) is 0 Å². The Balaban J connectivity index is 1.83. The average Bonchev–Trinajstić information content (AvgIpc) is 2.69. The van der Waals surface area contributed by atoms with E-state index in [4.69, 9.17) is 29.0 Å². The topological polar surface area (TPSA) is 82.2 Å². The first-order valence-electron chi connectivity index (χ1n) is 14.2. The molecule has 0 radical (unpaired) electrons. The monoisotopic (exact) mass is 563 g/mol. The van der Waals surface area contributed by atoms with Crippen molar-refractivity contribution in [2.45, 2.75) is 174 Å². The van der Waals surface area contributed by atoms with Crippen LogP contribution in [0.4, 0.5) is 0 Å². The van der Waals surface area contributed by atoms with Crippen LogP contribution < -0.4 is 0 Å². The summed E-state index contributed by atoms with van der Waals surface area (Å²) in [5.41, 5.74) is -2.15. The molecule has 3 aliphatic heterocycles. The minimum atomic E-state index is -4.55. The molecular formula is C27H54N3O7P. The molecule has 3 saturated heterocycles. The zero-order chi connectivity index (χ0) is 28.8. The van der Waals surface area contributed by atoms with Crippen LogP contribution in [-0.4, -0.2) is 48.4 Å². The van der Waals surface area contributed by atoms with E-state index in [9.17, 15) is 4.57 Å². The van der Waals surface area contributed by atoms with E-state index in [-0.39, 0.29) is 33.2 Å². The van der Waals surface area contributed by atoms with Gasteiger partial charge in [-0.25, -0.2) is 4.57 Å². The van der Waals surface area contributed by atoms with Gasteiger partial charge in [-0.05, 0) is 141 Å². The molecular weight excluding hydrogens is 509 g/mol. The van der Waals surface area contributed by atoms with Crippen LogP contribution >= 0.6 is 7.82 Å². The number of hydroxylamine groups is 6. The largest absolute Gasteiger partial charge is 0.561 e. The molecule has 0 saturated carbocycles. The molecule has 0 bridgehead atoms. The molecule has 0 aromatic heterocycles. The van der Waals surface area contributed by atoms with Crippen LogP contribution in [0.15, 0.2) is 0 Å². The number of nitrogens with zero attached hydrogens (tertiary/aromatic N) is 3. The van der Waals surface area contributed by atoms with Crippen LogP contribution in [0.3, 0.4) is 0 Å². The second-order valence-corrected chi connectivity index (χ2v) is 16.6. The van der Waals surface area contributed by atoms with Gasteiger partial charge in [0, 0.05) is 33.2 Å². The van der Waals surface area contributed by atoms with Gasteiger partial charge in [0.05, 0.1) is 0 Å². The standard InChI is InChI=1S/C27H54N3O7P/c1-22(2)16-13-17-23(3,4)28(22)32-35-38(31,36-33-29-24(5,6)18-14-19-25(29,7)8)37-34-30-26(9,10)20-15-21-27(30,11)12/h13-21H2,1-12H3. The van der Waals surface area contributed by atoms with Gasteiger partial charge in [-0.3, -0.25) is 0 Å². The van der Waals surface area contributed by atoms with Crippen LogP contribution in [0.2, 0.25) is 0 Å². The zero-order valence-electron chi connectivity index (χ0n) is 26.0. The smallest absolute Gasteiger partial charge is 0.220 e. The maximum absolute atomic E-state index is 14.1. The number of rotatable bonds is 9. The lowest BCUT2D eigenvalue weighted by Crippen LogP contribution is -2.59. The fourth-order valence-corrected chi connectivity index (χ4v) is 7.31. The van der Waals surface area contributed by atoms with Gasteiger partial charge in [-0.15, -0.1) is 44.2 Å². The van der Waals surface area contributed by atoms with Crippen molar-refractivity contribution >= 4 is 7.82 Å². The van der Waals surface area contributed by atoms with Gasteiger partial charge in [0.1, 0.15) is 0 Å². The molecule has 0 aliphatic carbocycles. The highest BCUT2D eigenvalue weighted by Crippen LogP contribution is 2.54. The van der Waals surface area contributed by atoms with Gasteiger partial charge >= 0.3 is 7.82 Å². The quantitative estimate of drug-likeness (QED) is 0.157. The predicted molar refractivity (Wildman–Crippen MR) is 146 cm³/mol. The molecule has 0 aromatic rings. The van der Waals surface area contributed by atoms with Gasteiger partial charge in [0.2, 0.25) is 0 Å². The number of hydrogen-bond donors (Lipinski definition) is 0. The summed E-state index contributed by atoms with van der Waals surface area (Å²) < 4.78 is 30.7. The SMILES string of the molecule is CC1(C)CCCC(C)(C)N1OOP(=O)(OON1C(C)(C)CCCC1(C)C)OON1C(C)(C)CCCC1(C)C. The summed E-state index contributed by atoms with van der Waals surface area (Å²) in [7, 11) is -4.55. The van der Waals surface area contributed by atoms with Crippen LogP contribution in [-0.2, 0) is 33.6 Å². The van der Waals surface area contributed by atoms with E-state index >= 15 is 0 Å². The summed E-state index contributed by atoms with van der Waals surface area (Å²) in [4.78, 5) is 17.4. The highest BCUT2D eigenvalue weighted by atomic mass is 31.2. The van der Waals surface area contributed by atoms with Crippen molar-refractivity contribution in [2.24, 2.45) is 0 Å². The first kappa shape index (κ1) is 32.4. The highest BCUT2D eigenvalue weighted by molar-refractivity contribution is 7.48. The van der Waals surface area contributed by atoms with E-state index in [1.165, 1.54) is 0 Å².